The van der Waals surface area contributed by atoms with Gasteiger partial charge < -0.3 is 18.6 Å². The van der Waals surface area contributed by atoms with Gasteiger partial charge in [0.15, 0.2) is 23.7 Å². The number of halogens is 1. The van der Waals surface area contributed by atoms with Gasteiger partial charge in [0, 0.05) is 18.5 Å². The second-order valence-electron chi connectivity index (χ2n) is 7.38. The Balaban J connectivity index is 1.77. The molecule has 3 aromatic rings. The minimum atomic E-state index is -0.623. The van der Waals surface area contributed by atoms with Crippen molar-refractivity contribution in [3.05, 3.63) is 41.1 Å². The molecule has 3 heterocycles. The van der Waals surface area contributed by atoms with Crippen LogP contribution in [0.5, 0.6) is 5.75 Å². The lowest BCUT2D eigenvalue weighted by Crippen LogP contribution is -2.24. The summed E-state index contributed by atoms with van der Waals surface area (Å²) < 4.78 is 18.8. The SMILES string of the molecule is CCOC(=O)COc1cc(Cl)cn2cc(Cn3cc(C(=O)OC(C)(C)C)nn3)nc12. The molecule has 0 spiro atoms. The number of ether oxygens (including phenoxy) is 3. The summed E-state index contributed by atoms with van der Waals surface area (Å²) in [6.45, 7) is 7.32. The van der Waals surface area contributed by atoms with Crippen LogP contribution in [0.25, 0.3) is 5.65 Å². The summed E-state index contributed by atoms with van der Waals surface area (Å²) in [4.78, 5) is 28.2. The molecular formula is C19H22ClN5O5. The molecule has 0 aliphatic rings. The standard InChI is InChI=1S/C19H22ClN5O5/c1-5-28-16(26)11-29-15-6-12(20)7-24-8-13(21-17(15)24)9-25-10-14(22-23-25)18(27)30-19(2,3)4/h6-8,10H,5,9,11H2,1-4H3. The summed E-state index contributed by atoms with van der Waals surface area (Å²) in [5.74, 6) is -0.695. The number of hydrogen-bond acceptors (Lipinski definition) is 8. The second-order valence-corrected chi connectivity index (χ2v) is 7.82. The molecule has 160 valence electrons. The van der Waals surface area contributed by atoms with Gasteiger partial charge in [-0.1, -0.05) is 16.8 Å². The highest BCUT2D eigenvalue weighted by Gasteiger charge is 2.21. The third kappa shape index (κ3) is 5.47. The van der Waals surface area contributed by atoms with E-state index in [1.54, 1.807) is 50.6 Å². The topological polar surface area (TPSA) is 110 Å². The number of nitrogens with zero attached hydrogens (tertiary/aromatic N) is 5. The largest absolute Gasteiger partial charge is 0.478 e. The normalized spacial score (nSPS) is 11.5. The third-order valence-electron chi connectivity index (χ3n) is 3.66. The van der Waals surface area contributed by atoms with Crippen molar-refractivity contribution in [3.63, 3.8) is 0 Å². The Morgan fingerprint density at radius 3 is 2.67 bits per heavy atom. The first-order valence-electron chi connectivity index (χ1n) is 9.23. The van der Waals surface area contributed by atoms with Crippen LogP contribution in [0.1, 0.15) is 43.9 Å². The van der Waals surface area contributed by atoms with Crippen LogP contribution in [-0.2, 0) is 20.8 Å². The molecule has 0 aliphatic heterocycles. The summed E-state index contributed by atoms with van der Waals surface area (Å²) >= 11 is 6.14. The maximum atomic E-state index is 12.1. The highest BCUT2D eigenvalue weighted by Crippen LogP contribution is 2.24. The molecule has 3 rings (SSSR count). The van der Waals surface area contributed by atoms with Gasteiger partial charge in [-0.05, 0) is 27.7 Å². The van der Waals surface area contributed by atoms with E-state index < -0.39 is 17.5 Å². The van der Waals surface area contributed by atoms with Gasteiger partial charge in [-0.2, -0.15) is 0 Å². The van der Waals surface area contributed by atoms with Crippen LogP contribution in [0.4, 0.5) is 0 Å². The van der Waals surface area contributed by atoms with Gasteiger partial charge in [0.2, 0.25) is 0 Å². The number of imidazole rings is 1. The summed E-state index contributed by atoms with van der Waals surface area (Å²) in [6.07, 6.45) is 4.90. The highest BCUT2D eigenvalue weighted by molar-refractivity contribution is 6.30. The van der Waals surface area contributed by atoms with Crippen molar-refractivity contribution >= 4 is 29.2 Å². The Labute approximate surface area is 177 Å². The average molecular weight is 436 g/mol. The maximum absolute atomic E-state index is 12.1. The molecule has 0 saturated heterocycles. The van der Waals surface area contributed by atoms with E-state index in [1.807, 2.05) is 0 Å². The molecule has 0 atom stereocenters. The van der Waals surface area contributed by atoms with Crippen molar-refractivity contribution in [2.24, 2.45) is 0 Å². The summed E-state index contributed by atoms with van der Waals surface area (Å²) in [5, 5.41) is 8.22. The predicted octanol–water partition coefficient (Wildman–Crippen LogP) is 2.52. The number of aromatic nitrogens is 5. The number of carbonyl (C=O) groups is 2. The fourth-order valence-corrected chi connectivity index (χ4v) is 2.78. The average Bonchev–Trinajstić information content (AvgIpc) is 3.25. The lowest BCUT2D eigenvalue weighted by molar-refractivity contribution is -0.145. The third-order valence-corrected chi connectivity index (χ3v) is 3.86. The molecule has 0 N–H and O–H groups in total. The van der Waals surface area contributed by atoms with Crippen molar-refractivity contribution in [3.8, 4) is 5.75 Å². The van der Waals surface area contributed by atoms with Crippen molar-refractivity contribution in [1.29, 1.82) is 0 Å². The molecule has 3 aromatic heterocycles. The van der Waals surface area contributed by atoms with Gasteiger partial charge in [0.25, 0.3) is 0 Å². The van der Waals surface area contributed by atoms with E-state index in [2.05, 4.69) is 15.3 Å². The Kier molecular flexibility index (Phi) is 6.25. The highest BCUT2D eigenvalue weighted by atomic mass is 35.5. The molecule has 0 aliphatic carbocycles. The van der Waals surface area contributed by atoms with Gasteiger partial charge in [-0.3, -0.25) is 0 Å². The monoisotopic (exact) mass is 435 g/mol. The van der Waals surface area contributed by atoms with Crippen LogP contribution in [0.2, 0.25) is 5.02 Å². The van der Waals surface area contributed by atoms with Crippen LogP contribution in [0.15, 0.2) is 24.7 Å². The van der Waals surface area contributed by atoms with E-state index in [-0.39, 0.29) is 25.5 Å². The smallest absolute Gasteiger partial charge is 0.361 e. The lowest BCUT2D eigenvalue weighted by Gasteiger charge is -2.18. The number of esters is 2. The number of fused-ring (bicyclic) bond motifs is 1. The van der Waals surface area contributed by atoms with Crippen LogP contribution in [-0.4, -0.2) is 55.1 Å². The van der Waals surface area contributed by atoms with Crippen LogP contribution in [0.3, 0.4) is 0 Å². The van der Waals surface area contributed by atoms with Gasteiger partial charge in [0.1, 0.15) is 5.60 Å². The summed E-state index contributed by atoms with van der Waals surface area (Å²) in [5.41, 5.74) is 0.585. The molecule has 0 unspecified atom stereocenters. The van der Waals surface area contributed by atoms with E-state index in [0.29, 0.717) is 22.1 Å². The molecule has 0 bridgehead atoms. The van der Waals surface area contributed by atoms with E-state index in [9.17, 15) is 9.59 Å². The minimum Gasteiger partial charge on any atom is -0.478 e. The Bertz CT molecular complexity index is 1070. The van der Waals surface area contributed by atoms with Crippen molar-refractivity contribution in [1.82, 2.24) is 24.4 Å². The number of hydrogen-bond donors (Lipinski definition) is 0. The molecule has 0 amide bonds. The zero-order chi connectivity index (χ0) is 21.9. The van der Waals surface area contributed by atoms with E-state index in [4.69, 9.17) is 25.8 Å². The Morgan fingerprint density at radius 2 is 1.97 bits per heavy atom. The van der Waals surface area contributed by atoms with E-state index in [0.717, 1.165) is 0 Å². The fraction of sp³-hybridized carbons (Fsp3) is 0.421. The molecule has 0 aromatic carbocycles. The van der Waals surface area contributed by atoms with Crippen molar-refractivity contribution in [2.45, 2.75) is 39.8 Å². The first-order chi connectivity index (χ1) is 14.1. The van der Waals surface area contributed by atoms with Gasteiger partial charge in [-0.15, -0.1) is 5.10 Å². The molecule has 0 saturated carbocycles. The first-order valence-corrected chi connectivity index (χ1v) is 9.61. The van der Waals surface area contributed by atoms with Crippen LogP contribution < -0.4 is 4.74 Å². The molecular weight excluding hydrogens is 414 g/mol. The van der Waals surface area contributed by atoms with Gasteiger partial charge in [0.05, 0.1) is 30.1 Å². The first kappa shape index (κ1) is 21.6. The summed E-state index contributed by atoms with van der Waals surface area (Å²) in [6, 6.07) is 1.57. The van der Waals surface area contributed by atoms with E-state index in [1.165, 1.54) is 10.9 Å². The van der Waals surface area contributed by atoms with Gasteiger partial charge in [-0.25, -0.2) is 19.3 Å². The Morgan fingerprint density at radius 1 is 1.20 bits per heavy atom. The van der Waals surface area contributed by atoms with Crippen molar-refractivity contribution < 1.29 is 23.8 Å². The quantitative estimate of drug-likeness (QED) is 0.520. The Hall–Kier alpha value is -3.14. The summed E-state index contributed by atoms with van der Waals surface area (Å²) in [7, 11) is 0. The van der Waals surface area contributed by atoms with Gasteiger partial charge >= 0.3 is 11.9 Å². The molecule has 0 radical (unpaired) electrons. The molecule has 30 heavy (non-hydrogen) atoms. The molecule has 11 heteroatoms. The van der Waals surface area contributed by atoms with Crippen LogP contribution >= 0.6 is 11.6 Å². The number of carbonyl (C=O) groups excluding carboxylic acids is 2. The number of pyridine rings is 1. The zero-order valence-electron chi connectivity index (χ0n) is 17.1. The van der Waals surface area contributed by atoms with Crippen molar-refractivity contribution in [2.75, 3.05) is 13.2 Å². The number of rotatable bonds is 7. The zero-order valence-corrected chi connectivity index (χ0v) is 17.8. The second kappa shape index (κ2) is 8.70. The maximum Gasteiger partial charge on any atom is 0.361 e. The lowest BCUT2D eigenvalue weighted by atomic mass is 10.2. The molecule has 0 fully saturated rings. The van der Waals surface area contributed by atoms with Crippen LogP contribution in [0, 0.1) is 0 Å². The minimum absolute atomic E-state index is 0.107. The molecule has 10 nitrogen and oxygen atoms in total. The predicted molar refractivity (Wildman–Crippen MR) is 107 cm³/mol. The fourth-order valence-electron chi connectivity index (χ4n) is 2.57. The van der Waals surface area contributed by atoms with E-state index >= 15 is 0 Å².